The quantitative estimate of drug-likeness (QED) is 0.760. The molecule has 0 saturated heterocycles. The summed E-state index contributed by atoms with van der Waals surface area (Å²) in [6.07, 6.45) is 3.55. The summed E-state index contributed by atoms with van der Waals surface area (Å²) in [6.45, 7) is 4.57. The van der Waals surface area contributed by atoms with Crippen molar-refractivity contribution in [2.75, 3.05) is 6.61 Å². The fourth-order valence-corrected chi connectivity index (χ4v) is 2.21. The van der Waals surface area contributed by atoms with E-state index in [0.29, 0.717) is 6.61 Å². The first kappa shape index (κ1) is 9.72. The molecule has 1 aromatic carbocycles. The molecular weight excluding hydrogens is 172 g/mol. The Morgan fingerprint density at radius 3 is 2.36 bits per heavy atom. The Bertz CT molecular complexity index is 332. The lowest BCUT2D eigenvalue weighted by molar-refractivity contribution is 0.120. The van der Waals surface area contributed by atoms with Crippen molar-refractivity contribution in [3.05, 3.63) is 34.9 Å². The zero-order valence-electron chi connectivity index (χ0n) is 9.01. The highest BCUT2D eigenvalue weighted by Gasteiger charge is 2.37. The van der Waals surface area contributed by atoms with Crippen molar-refractivity contribution in [2.45, 2.75) is 38.5 Å². The molecule has 1 saturated carbocycles. The Balaban J connectivity index is 2.36. The molecule has 1 nitrogen and oxygen atoms in total. The molecule has 1 aliphatic carbocycles. The molecule has 1 aliphatic rings. The number of hydrogen-bond donors (Lipinski definition) is 1. The highest BCUT2D eigenvalue weighted by Crippen LogP contribution is 2.43. The predicted molar refractivity (Wildman–Crippen MR) is 58.5 cm³/mol. The summed E-state index contributed by atoms with van der Waals surface area (Å²) in [7, 11) is 0. The molecule has 0 spiro atoms. The Morgan fingerprint density at radius 1 is 1.21 bits per heavy atom. The number of hydrogen-bond acceptors (Lipinski definition) is 1. The lowest BCUT2D eigenvalue weighted by atomic mass is 9.65. The van der Waals surface area contributed by atoms with Gasteiger partial charge in [-0.1, -0.05) is 24.6 Å². The van der Waals surface area contributed by atoms with Crippen LogP contribution in [0, 0.1) is 13.8 Å². The van der Waals surface area contributed by atoms with Crippen LogP contribution >= 0.6 is 0 Å². The van der Waals surface area contributed by atoms with Crippen LogP contribution in [-0.4, -0.2) is 11.7 Å². The van der Waals surface area contributed by atoms with Crippen LogP contribution in [0.15, 0.2) is 18.2 Å². The zero-order chi connectivity index (χ0) is 10.2. The van der Waals surface area contributed by atoms with Gasteiger partial charge >= 0.3 is 0 Å². The van der Waals surface area contributed by atoms with E-state index in [9.17, 15) is 5.11 Å². The predicted octanol–water partition coefficient (Wildman–Crippen LogP) is 2.72. The summed E-state index contributed by atoms with van der Waals surface area (Å²) in [5.41, 5.74) is 4.09. The van der Waals surface area contributed by atoms with Gasteiger partial charge in [0.15, 0.2) is 0 Å². The highest BCUT2D eigenvalue weighted by atomic mass is 16.3. The molecule has 0 bridgehead atoms. The van der Waals surface area contributed by atoms with Crippen LogP contribution in [0.3, 0.4) is 0 Å². The maximum absolute atomic E-state index is 9.45. The molecule has 0 atom stereocenters. The van der Waals surface area contributed by atoms with E-state index in [-0.39, 0.29) is 5.41 Å². The Kier molecular flexibility index (Phi) is 2.36. The summed E-state index contributed by atoms with van der Waals surface area (Å²) in [5, 5.41) is 9.45. The highest BCUT2D eigenvalue weighted by molar-refractivity contribution is 5.36. The van der Waals surface area contributed by atoms with Gasteiger partial charge < -0.3 is 5.11 Å². The minimum Gasteiger partial charge on any atom is -0.395 e. The van der Waals surface area contributed by atoms with Gasteiger partial charge in [0.25, 0.3) is 0 Å². The number of aliphatic hydroxyl groups is 1. The van der Waals surface area contributed by atoms with Crippen molar-refractivity contribution >= 4 is 0 Å². The van der Waals surface area contributed by atoms with Crippen LogP contribution in [0.2, 0.25) is 0 Å². The molecule has 14 heavy (non-hydrogen) atoms. The second-order valence-corrected chi connectivity index (χ2v) is 4.59. The molecule has 1 fully saturated rings. The van der Waals surface area contributed by atoms with Gasteiger partial charge in [-0.05, 0) is 43.4 Å². The van der Waals surface area contributed by atoms with Crippen molar-refractivity contribution in [3.63, 3.8) is 0 Å². The maximum Gasteiger partial charge on any atom is 0.0527 e. The molecule has 76 valence electrons. The first-order chi connectivity index (χ1) is 6.68. The third-order valence-corrected chi connectivity index (χ3v) is 3.73. The average molecular weight is 190 g/mol. The van der Waals surface area contributed by atoms with E-state index in [1.54, 1.807) is 0 Å². The number of benzene rings is 1. The van der Waals surface area contributed by atoms with Crippen molar-refractivity contribution in [3.8, 4) is 0 Å². The van der Waals surface area contributed by atoms with Crippen LogP contribution in [0.1, 0.15) is 36.0 Å². The van der Waals surface area contributed by atoms with Gasteiger partial charge in [0.2, 0.25) is 0 Å². The van der Waals surface area contributed by atoms with Crippen molar-refractivity contribution < 1.29 is 5.11 Å². The first-order valence-corrected chi connectivity index (χ1v) is 5.36. The fourth-order valence-electron chi connectivity index (χ4n) is 2.21. The molecule has 1 N–H and O–H groups in total. The van der Waals surface area contributed by atoms with Gasteiger partial charge in [-0.25, -0.2) is 0 Å². The van der Waals surface area contributed by atoms with Crippen LogP contribution in [0.4, 0.5) is 0 Å². The number of aliphatic hydroxyl groups excluding tert-OH is 1. The Labute approximate surface area is 85.8 Å². The number of rotatable bonds is 2. The minimum absolute atomic E-state index is 0.0957. The normalized spacial score (nSPS) is 19.1. The van der Waals surface area contributed by atoms with Crippen molar-refractivity contribution in [2.24, 2.45) is 0 Å². The summed E-state index contributed by atoms with van der Waals surface area (Å²) < 4.78 is 0. The summed E-state index contributed by atoms with van der Waals surface area (Å²) >= 11 is 0. The van der Waals surface area contributed by atoms with Crippen LogP contribution in [0.25, 0.3) is 0 Å². The van der Waals surface area contributed by atoms with E-state index in [1.807, 2.05) is 0 Å². The maximum atomic E-state index is 9.45. The smallest absolute Gasteiger partial charge is 0.0527 e. The zero-order valence-corrected chi connectivity index (χ0v) is 9.01. The molecule has 0 radical (unpaired) electrons. The van der Waals surface area contributed by atoms with Crippen molar-refractivity contribution in [1.82, 2.24) is 0 Å². The monoisotopic (exact) mass is 190 g/mol. The summed E-state index contributed by atoms with van der Waals surface area (Å²) in [5.74, 6) is 0. The van der Waals surface area contributed by atoms with E-state index < -0.39 is 0 Å². The van der Waals surface area contributed by atoms with E-state index in [0.717, 1.165) is 12.8 Å². The minimum atomic E-state index is 0.0957. The van der Waals surface area contributed by atoms with E-state index >= 15 is 0 Å². The standard InChI is InChI=1S/C13H18O/c1-10-4-5-12(8-11(10)2)13(9-14)6-3-7-13/h4-5,8,14H,3,6-7,9H2,1-2H3. The number of aryl methyl sites for hydroxylation is 2. The Morgan fingerprint density at radius 2 is 1.93 bits per heavy atom. The SMILES string of the molecule is Cc1ccc(C2(CO)CCC2)cc1C. The van der Waals surface area contributed by atoms with Gasteiger partial charge in [0.05, 0.1) is 6.61 Å². The van der Waals surface area contributed by atoms with Crippen LogP contribution in [0.5, 0.6) is 0 Å². The molecule has 1 heteroatoms. The Hall–Kier alpha value is -0.820. The molecule has 0 aliphatic heterocycles. The third-order valence-electron chi connectivity index (χ3n) is 3.73. The van der Waals surface area contributed by atoms with E-state index in [2.05, 4.69) is 32.0 Å². The summed E-state index contributed by atoms with van der Waals surface area (Å²) in [6, 6.07) is 6.59. The lowest BCUT2D eigenvalue weighted by Crippen LogP contribution is -2.37. The van der Waals surface area contributed by atoms with Gasteiger partial charge in [-0.3, -0.25) is 0 Å². The second kappa shape index (κ2) is 3.39. The average Bonchev–Trinajstić information content (AvgIpc) is 2.10. The second-order valence-electron chi connectivity index (χ2n) is 4.59. The lowest BCUT2D eigenvalue weighted by Gasteiger charge is -2.41. The van der Waals surface area contributed by atoms with Gasteiger partial charge in [0, 0.05) is 5.41 Å². The molecule has 0 aromatic heterocycles. The fraction of sp³-hybridized carbons (Fsp3) is 0.538. The molecule has 0 unspecified atom stereocenters. The van der Waals surface area contributed by atoms with E-state index in [4.69, 9.17) is 0 Å². The van der Waals surface area contributed by atoms with Crippen molar-refractivity contribution in [1.29, 1.82) is 0 Å². The topological polar surface area (TPSA) is 20.2 Å². The molecule has 2 rings (SSSR count). The van der Waals surface area contributed by atoms with Crippen LogP contribution in [-0.2, 0) is 5.41 Å². The third kappa shape index (κ3) is 1.36. The first-order valence-electron chi connectivity index (χ1n) is 5.36. The molecule has 0 heterocycles. The van der Waals surface area contributed by atoms with Gasteiger partial charge in [-0.2, -0.15) is 0 Å². The van der Waals surface area contributed by atoms with E-state index in [1.165, 1.54) is 23.1 Å². The molecule has 0 amide bonds. The molecule has 1 aromatic rings. The van der Waals surface area contributed by atoms with Gasteiger partial charge in [0.1, 0.15) is 0 Å². The molecular formula is C13H18O. The van der Waals surface area contributed by atoms with Crippen LogP contribution < -0.4 is 0 Å². The van der Waals surface area contributed by atoms with Gasteiger partial charge in [-0.15, -0.1) is 0 Å². The largest absolute Gasteiger partial charge is 0.395 e. The summed E-state index contributed by atoms with van der Waals surface area (Å²) in [4.78, 5) is 0.